The molecule has 4 rings (SSSR count). The molecule has 37 heavy (non-hydrogen) atoms. The number of rotatable bonds is 8. The van der Waals surface area contributed by atoms with Crippen molar-refractivity contribution in [3.05, 3.63) is 53.1 Å². The normalized spacial score (nSPS) is 21.0. The number of aliphatic hydroxyl groups is 1. The van der Waals surface area contributed by atoms with Gasteiger partial charge in [-0.1, -0.05) is 18.5 Å². The second kappa shape index (κ2) is 11.0. The van der Waals surface area contributed by atoms with Gasteiger partial charge < -0.3 is 20.1 Å². The Hall–Kier alpha value is -2.66. The van der Waals surface area contributed by atoms with Crippen LogP contribution in [0.2, 0.25) is 5.02 Å². The molecule has 9 nitrogen and oxygen atoms in total. The van der Waals surface area contributed by atoms with Crippen molar-refractivity contribution >= 4 is 39.1 Å². The zero-order valence-corrected chi connectivity index (χ0v) is 22.6. The van der Waals surface area contributed by atoms with Crippen LogP contribution in [0.4, 0.5) is 5.69 Å². The molecule has 3 atom stereocenters. The molecule has 0 radical (unpaired) electrons. The number of halogens is 1. The number of anilines is 1. The summed E-state index contributed by atoms with van der Waals surface area (Å²) in [5.74, 6) is -0.378. The average Bonchev–Trinajstić information content (AvgIpc) is 3.72. The van der Waals surface area contributed by atoms with Crippen LogP contribution in [0.5, 0.6) is 5.75 Å². The number of fused-ring (bicyclic) bond motifs is 1. The number of carbonyl (C=O) groups excluding carboxylic acids is 2. The summed E-state index contributed by atoms with van der Waals surface area (Å²) < 4.78 is 33.9. The van der Waals surface area contributed by atoms with Gasteiger partial charge in [-0.05, 0) is 62.2 Å². The van der Waals surface area contributed by atoms with E-state index < -0.39 is 22.2 Å². The molecule has 2 aliphatic rings. The highest BCUT2D eigenvalue weighted by Gasteiger charge is 2.36. The summed E-state index contributed by atoms with van der Waals surface area (Å²) in [6.45, 7) is 3.67. The fourth-order valence-corrected chi connectivity index (χ4v) is 5.56. The highest BCUT2D eigenvalue weighted by molar-refractivity contribution is 7.89. The van der Waals surface area contributed by atoms with Crippen molar-refractivity contribution in [1.29, 1.82) is 0 Å². The van der Waals surface area contributed by atoms with Crippen LogP contribution in [0.3, 0.4) is 0 Å². The number of ether oxygens (including phenoxy) is 1. The highest BCUT2D eigenvalue weighted by atomic mass is 35.5. The van der Waals surface area contributed by atoms with Crippen molar-refractivity contribution in [2.45, 2.75) is 43.7 Å². The Morgan fingerprint density at radius 3 is 2.54 bits per heavy atom. The van der Waals surface area contributed by atoms with E-state index in [1.165, 1.54) is 35.6 Å². The van der Waals surface area contributed by atoms with Crippen molar-refractivity contribution in [3.63, 3.8) is 0 Å². The van der Waals surface area contributed by atoms with Crippen molar-refractivity contribution in [3.8, 4) is 5.75 Å². The summed E-state index contributed by atoms with van der Waals surface area (Å²) in [5.41, 5.74) is 0.728. The number of hydrogen-bond acceptors (Lipinski definition) is 6. The third-order valence-corrected chi connectivity index (χ3v) is 8.93. The summed E-state index contributed by atoms with van der Waals surface area (Å²) in [7, 11) is -2.34. The zero-order valence-electron chi connectivity index (χ0n) is 21.1. The number of carbonyl (C=O) groups is 2. The molecular weight excluding hydrogens is 518 g/mol. The Bertz CT molecular complexity index is 1270. The molecule has 0 saturated heterocycles. The number of amides is 2. The molecule has 0 bridgehead atoms. The summed E-state index contributed by atoms with van der Waals surface area (Å²) >= 11 is 5.92. The minimum absolute atomic E-state index is 0.00299. The predicted octanol–water partition coefficient (Wildman–Crippen LogP) is 3.23. The quantitative estimate of drug-likeness (QED) is 0.522. The first-order valence-electron chi connectivity index (χ1n) is 12.3. The SMILES string of the molecule is C[C@H]1CN([C@@H](C)CO)C(=O)c2cc(NC(=O)C3CC3)ccc2O[C@H]1CN(C)S(=O)(=O)c1ccc(Cl)cc1. The molecule has 1 aliphatic heterocycles. The fraction of sp³-hybridized carbons (Fsp3) is 0.462. The van der Waals surface area contributed by atoms with Gasteiger partial charge in [0.05, 0.1) is 29.7 Å². The van der Waals surface area contributed by atoms with Crippen molar-refractivity contribution < 1.29 is 27.9 Å². The molecule has 2 aromatic rings. The monoisotopic (exact) mass is 549 g/mol. The van der Waals surface area contributed by atoms with Crippen LogP contribution in [0.25, 0.3) is 0 Å². The summed E-state index contributed by atoms with van der Waals surface area (Å²) in [5, 5.41) is 13.1. The van der Waals surface area contributed by atoms with Crippen LogP contribution >= 0.6 is 11.6 Å². The maximum atomic E-state index is 13.5. The van der Waals surface area contributed by atoms with Crippen LogP contribution in [0, 0.1) is 11.8 Å². The zero-order chi connectivity index (χ0) is 26.9. The van der Waals surface area contributed by atoms with E-state index in [9.17, 15) is 23.1 Å². The average molecular weight is 550 g/mol. The fourth-order valence-electron chi connectivity index (χ4n) is 4.25. The standard InChI is InChI=1S/C26H32ClN3O6S/c1-16-13-30(17(2)15-31)26(33)22-12-20(28-25(32)18-4-5-18)8-11-23(22)36-24(16)14-29(3)37(34,35)21-9-6-19(27)7-10-21/h6-12,16-18,24,31H,4-5,13-15H2,1-3H3,(H,28,32)/t16-,17-,24-/m0/s1. The van der Waals surface area contributed by atoms with Gasteiger partial charge >= 0.3 is 0 Å². The summed E-state index contributed by atoms with van der Waals surface area (Å²) in [6, 6.07) is 10.3. The van der Waals surface area contributed by atoms with Crippen LogP contribution in [0.1, 0.15) is 37.0 Å². The molecule has 0 aromatic heterocycles. The number of aliphatic hydroxyl groups excluding tert-OH is 1. The van der Waals surface area contributed by atoms with Gasteiger partial charge in [0.1, 0.15) is 11.9 Å². The molecule has 1 saturated carbocycles. The molecule has 2 N–H and O–H groups in total. The molecule has 0 unspecified atom stereocenters. The number of nitrogens with zero attached hydrogens (tertiary/aromatic N) is 2. The van der Waals surface area contributed by atoms with Gasteiger partial charge in [0, 0.05) is 36.1 Å². The van der Waals surface area contributed by atoms with Gasteiger partial charge in [-0.15, -0.1) is 0 Å². The number of hydrogen-bond donors (Lipinski definition) is 2. The van der Waals surface area contributed by atoms with E-state index in [0.29, 0.717) is 16.5 Å². The lowest BCUT2D eigenvalue weighted by Gasteiger charge is -2.38. The first-order valence-corrected chi connectivity index (χ1v) is 14.1. The largest absolute Gasteiger partial charge is 0.488 e. The van der Waals surface area contributed by atoms with Gasteiger partial charge in [0.2, 0.25) is 15.9 Å². The van der Waals surface area contributed by atoms with E-state index in [1.807, 2.05) is 6.92 Å². The molecule has 1 aliphatic carbocycles. The molecule has 200 valence electrons. The minimum atomic E-state index is -3.82. The van der Waals surface area contributed by atoms with Gasteiger partial charge in [-0.3, -0.25) is 9.59 Å². The molecule has 1 fully saturated rings. The van der Waals surface area contributed by atoms with Crippen LogP contribution in [0.15, 0.2) is 47.4 Å². The van der Waals surface area contributed by atoms with E-state index in [1.54, 1.807) is 30.0 Å². The Morgan fingerprint density at radius 1 is 1.24 bits per heavy atom. The van der Waals surface area contributed by atoms with E-state index in [4.69, 9.17) is 16.3 Å². The molecule has 1 heterocycles. The highest BCUT2D eigenvalue weighted by Crippen LogP contribution is 2.33. The lowest BCUT2D eigenvalue weighted by atomic mass is 9.99. The molecule has 0 spiro atoms. The maximum absolute atomic E-state index is 13.5. The Kier molecular flexibility index (Phi) is 8.13. The maximum Gasteiger partial charge on any atom is 0.258 e. The summed E-state index contributed by atoms with van der Waals surface area (Å²) in [4.78, 5) is 27.5. The van der Waals surface area contributed by atoms with Gasteiger partial charge in [0.15, 0.2) is 0 Å². The van der Waals surface area contributed by atoms with Crippen molar-refractivity contribution in [2.24, 2.45) is 11.8 Å². The molecule has 11 heteroatoms. The smallest absolute Gasteiger partial charge is 0.258 e. The van der Waals surface area contributed by atoms with E-state index in [0.717, 1.165) is 12.8 Å². The molecular formula is C26H32ClN3O6S. The first-order chi connectivity index (χ1) is 17.5. The number of benzene rings is 2. The third-order valence-electron chi connectivity index (χ3n) is 6.84. The lowest BCUT2D eigenvalue weighted by Crippen LogP contribution is -2.50. The third kappa shape index (κ3) is 6.09. The first kappa shape index (κ1) is 27.4. The van der Waals surface area contributed by atoms with Crippen molar-refractivity contribution in [2.75, 3.05) is 32.1 Å². The summed E-state index contributed by atoms with van der Waals surface area (Å²) in [6.07, 6.45) is 1.11. The molecule has 2 aromatic carbocycles. The Labute approximate surface area is 222 Å². The number of likely N-dealkylation sites (N-methyl/N-ethyl adjacent to an activating group) is 1. The van der Waals surface area contributed by atoms with Crippen molar-refractivity contribution in [1.82, 2.24) is 9.21 Å². The topological polar surface area (TPSA) is 116 Å². The number of sulfonamides is 1. The van der Waals surface area contributed by atoms with Crippen LogP contribution in [-0.2, 0) is 14.8 Å². The lowest BCUT2D eigenvalue weighted by molar-refractivity contribution is -0.117. The second-order valence-corrected chi connectivity index (χ2v) is 12.3. The Balaban J connectivity index is 1.64. The number of nitrogens with one attached hydrogen (secondary N) is 1. The van der Waals surface area contributed by atoms with Gasteiger partial charge in [0.25, 0.3) is 5.91 Å². The minimum Gasteiger partial charge on any atom is -0.488 e. The van der Waals surface area contributed by atoms with Gasteiger partial charge in [-0.2, -0.15) is 4.31 Å². The van der Waals surface area contributed by atoms with Crippen LogP contribution in [-0.4, -0.2) is 73.4 Å². The Morgan fingerprint density at radius 2 is 1.92 bits per heavy atom. The predicted molar refractivity (Wildman–Crippen MR) is 140 cm³/mol. The van der Waals surface area contributed by atoms with E-state index >= 15 is 0 Å². The van der Waals surface area contributed by atoms with Gasteiger partial charge in [-0.25, -0.2) is 8.42 Å². The van der Waals surface area contributed by atoms with E-state index in [2.05, 4.69) is 5.32 Å². The molecule has 2 amide bonds. The van der Waals surface area contributed by atoms with Crippen LogP contribution < -0.4 is 10.1 Å². The van der Waals surface area contributed by atoms with E-state index in [-0.39, 0.29) is 53.8 Å². The second-order valence-electron chi connectivity index (χ2n) is 9.84.